The molecule has 0 N–H and O–H groups in total. The van der Waals surface area contributed by atoms with Gasteiger partial charge < -0.3 is 9.64 Å². The lowest BCUT2D eigenvalue weighted by Gasteiger charge is -2.16. The number of carbonyl (C=O) groups excluding carboxylic acids is 2. The standard InChI is InChI=1S/C14H16BrNO3/c1-2-3-8-19-9-7-16-11-6-4-5-10(15)12(11)13(17)14(16)18/h4-6H,2-3,7-9H2,1H3. The van der Waals surface area contributed by atoms with Gasteiger partial charge in [-0.05, 0) is 34.5 Å². The molecule has 0 saturated heterocycles. The molecule has 19 heavy (non-hydrogen) atoms. The summed E-state index contributed by atoms with van der Waals surface area (Å²) < 4.78 is 6.11. The van der Waals surface area contributed by atoms with Gasteiger partial charge in [-0.2, -0.15) is 0 Å². The first-order valence-electron chi connectivity index (χ1n) is 6.39. The van der Waals surface area contributed by atoms with E-state index in [1.54, 1.807) is 12.1 Å². The van der Waals surface area contributed by atoms with Crippen LogP contribution in [0.25, 0.3) is 0 Å². The maximum Gasteiger partial charge on any atom is 0.299 e. The maximum absolute atomic E-state index is 11.9. The van der Waals surface area contributed by atoms with Gasteiger partial charge in [-0.1, -0.05) is 19.4 Å². The predicted molar refractivity (Wildman–Crippen MR) is 76.6 cm³/mol. The second kappa shape index (κ2) is 6.30. The van der Waals surface area contributed by atoms with Crippen LogP contribution in [0.3, 0.4) is 0 Å². The highest BCUT2D eigenvalue weighted by Crippen LogP contribution is 2.33. The van der Waals surface area contributed by atoms with Crippen LogP contribution in [0.5, 0.6) is 0 Å². The van der Waals surface area contributed by atoms with E-state index in [-0.39, 0.29) is 0 Å². The molecule has 0 bridgehead atoms. The normalized spacial score (nSPS) is 14.1. The van der Waals surface area contributed by atoms with Crippen LogP contribution in [0.15, 0.2) is 22.7 Å². The van der Waals surface area contributed by atoms with Crippen molar-refractivity contribution in [3.05, 3.63) is 28.2 Å². The van der Waals surface area contributed by atoms with E-state index in [2.05, 4.69) is 22.9 Å². The number of fused-ring (bicyclic) bond motifs is 1. The molecule has 1 aliphatic rings. The van der Waals surface area contributed by atoms with E-state index in [9.17, 15) is 9.59 Å². The molecular formula is C14H16BrNO3. The van der Waals surface area contributed by atoms with Crippen LogP contribution < -0.4 is 4.90 Å². The van der Waals surface area contributed by atoms with Gasteiger partial charge in [-0.3, -0.25) is 9.59 Å². The van der Waals surface area contributed by atoms with Crippen molar-refractivity contribution in [1.29, 1.82) is 0 Å². The molecule has 1 aromatic rings. The highest BCUT2D eigenvalue weighted by Gasteiger charge is 2.36. The summed E-state index contributed by atoms with van der Waals surface area (Å²) in [4.78, 5) is 25.3. The van der Waals surface area contributed by atoms with Crippen LogP contribution in [0.4, 0.5) is 5.69 Å². The number of benzene rings is 1. The summed E-state index contributed by atoms with van der Waals surface area (Å²) in [7, 11) is 0. The fourth-order valence-corrected chi connectivity index (χ4v) is 2.56. The molecule has 4 nitrogen and oxygen atoms in total. The molecule has 1 amide bonds. The molecule has 102 valence electrons. The van der Waals surface area contributed by atoms with E-state index < -0.39 is 11.7 Å². The summed E-state index contributed by atoms with van der Waals surface area (Å²) >= 11 is 3.31. The van der Waals surface area contributed by atoms with E-state index in [4.69, 9.17) is 4.74 Å². The molecule has 0 saturated carbocycles. The minimum Gasteiger partial charge on any atom is -0.380 e. The predicted octanol–water partition coefficient (Wildman–Crippen LogP) is 2.80. The number of hydrogen-bond donors (Lipinski definition) is 0. The van der Waals surface area contributed by atoms with Gasteiger partial charge in [0.05, 0.1) is 17.9 Å². The molecule has 5 heteroatoms. The zero-order valence-corrected chi connectivity index (χ0v) is 12.4. The largest absolute Gasteiger partial charge is 0.380 e. The third kappa shape index (κ3) is 2.87. The molecule has 0 unspecified atom stereocenters. The minimum absolute atomic E-state index is 0.414. The average Bonchev–Trinajstić information content (AvgIpc) is 2.64. The van der Waals surface area contributed by atoms with Gasteiger partial charge >= 0.3 is 0 Å². The molecule has 0 aliphatic carbocycles. The van der Waals surface area contributed by atoms with Gasteiger partial charge in [-0.15, -0.1) is 0 Å². The molecule has 0 spiro atoms. The second-order valence-corrected chi connectivity index (χ2v) is 5.24. The fraction of sp³-hybridized carbons (Fsp3) is 0.429. The van der Waals surface area contributed by atoms with Crippen molar-refractivity contribution < 1.29 is 14.3 Å². The first-order valence-corrected chi connectivity index (χ1v) is 7.18. The van der Waals surface area contributed by atoms with Crippen molar-refractivity contribution in [3.63, 3.8) is 0 Å². The summed E-state index contributed by atoms with van der Waals surface area (Å²) in [5.74, 6) is -0.919. The highest BCUT2D eigenvalue weighted by atomic mass is 79.9. The van der Waals surface area contributed by atoms with Gasteiger partial charge in [0.25, 0.3) is 11.7 Å². The first-order chi connectivity index (χ1) is 9.16. The number of amides is 1. The van der Waals surface area contributed by atoms with Crippen molar-refractivity contribution in [2.24, 2.45) is 0 Å². The lowest BCUT2D eigenvalue weighted by Crippen LogP contribution is -2.32. The highest BCUT2D eigenvalue weighted by molar-refractivity contribution is 9.10. The zero-order valence-electron chi connectivity index (χ0n) is 10.8. The molecule has 0 atom stereocenters. The Kier molecular flexibility index (Phi) is 4.71. The van der Waals surface area contributed by atoms with Gasteiger partial charge in [-0.25, -0.2) is 0 Å². The molecule has 1 aromatic carbocycles. The van der Waals surface area contributed by atoms with Gasteiger partial charge in [0.1, 0.15) is 0 Å². The zero-order chi connectivity index (χ0) is 13.8. The molecule has 1 heterocycles. The number of Topliss-reactive ketones (excluding diaryl/α,β-unsaturated/α-hetero) is 1. The molecule has 1 aliphatic heterocycles. The summed E-state index contributed by atoms with van der Waals surface area (Å²) in [6, 6.07) is 5.37. The summed E-state index contributed by atoms with van der Waals surface area (Å²) in [5, 5.41) is 0. The summed E-state index contributed by atoms with van der Waals surface area (Å²) in [6.45, 7) is 3.65. The van der Waals surface area contributed by atoms with E-state index in [0.29, 0.717) is 35.5 Å². The van der Waals surface area contributed by atoms with E-state index >= 15 is 0 Å². The first kappa shape index (κ1) is 14.2. The third-order valence-electron chi connectivity index (χ3n) is 3.05. The Morgan fingerprint density at radius 2 is 2.05 bits per heavy atom. The van der Waals surface area contributed by atoms with Gasteiger partial charge in [0.15, 0.2) is 0 Å². The maximum atomic E-state index is 11.9. The van der Waals surface area contributed by atoms with Crippen molar-refractivity contribution in [2.75, 3.05) is 24.7 Å². The van der Waals surface area contributed by atoms with Crippen molar-refractivity contribution >= 4 is 33.3 Å². The average molecular weight is 326 g/mol. The van der Waals surface area contributed by atoms with Crippen LogP contribution in [0, 0.1) is 0 Å². The number of halogens is 1. The lowest BCUT2D eigenvalue weighted by molar-refractivity contribution is -0.114. The number of ketones is 1. The Balaban J connectivity index is 2.05. The van der Waals surface area contributed by atoms with Crippen molar-refractivity contribution in [1.82, 2.24) is 0 Å². The Morgan fingerprint density at radius 1 is 1.26 bits per heavy atom. The third-order valence-corrected chi connectivity index (χ3v) is 3.71. The van der Waals surface area contributed by atoms with E-state index in [0.717, 1.165) is 12.8 Å². The van der Waals surface area contributed by atoms with Crippen LogP contribution >= 0.6 is 15.9 Å². The minimum atomic E-state index is -0.471. The molecule has 0 aromatic heterocycles. The number of carbonyl (C=O) groups is 2. The van der Waals surface area contributed by atoms with Crippen molar-refractivity contribution in [2.45, 2.75) is 19.8 Å². The van der Waals surface area contributed by atoms with Crippen LogP contribution in [0.1, 0.15) is 30.1 Å². The number of unbranched alkanes of at least 4 members (excludes halogenated alkanes) is 1. The van der Waals surface area contributed by atoms with E-state index in [1.165, 1.54) is 4.90 Å². The Hall–Kier alpha value is -1.20. The topological polar surface area (TPSA) is 46.6 Å². The molecule has 0 fully saturated rings. The number of anilines is 1. The smallest absolute Gasteiger partial charge is 0.299 e. The number of ether oxygens (including phenoxy) is 1. The number of nitrogens with zero attached hydrogens (tertiary/aromatic N) is 1. The molecule has 2 rings (SSSR count). The van der Waals surface area contributed by atoms with Crippen LogP contribution in [0.2, 0.25) is 0 Å². The van der Waals surface area contributed by atoms with Gasteiger partial charge in [0.2, 0.25) is 0 Å². The monoisotopic (exact) mass is 325 g/mol. The van der Waals surface area contributed by atoms with Crippen molar-refractivity contribution in [3.8, 4) is 0 Å². The Bertz CT molecular complexity index is 501. The quantitative estimate of drug-likeness (QED) is 0.596. The second-order valence-electron chi connectivity index (χ2n) is 4.39. The molecule has 0 radical (unpaired) electrons. The fourth-order valence-electron chi connectivity index (χ4n) is 2.03. The summed E-state index contributed by atoms with van der Waals surface area (Å²) in [6.07, 6.45) is 2.09. The number of rotatable bonds is 6. The van der Waals surface area contributed by atoms with Crippen LogP contribution in [-0.4, -0.2) is 31.4 Å². The Labute approximate surface area is 120 Å². The summed E-state index contributed by atoms with van der Waals surface area (Å²) in [5.41, 5.74) is 1.13. The van der Waals surface area contributed by atoms with Crippen LogP contribution in [-0.2, 0) is 9.53 Å². The SMILES string of the molecule is CCCCOCCN1C(=O)C(=O)c2c(Br)cccc21. The Morgan fingerprint density at radius 3 is 2.79 bits per heavy atom. The number of hydrogen-bond acceptors (Lipinski definition) is 3. The van der Waals surface area contributed by atoms with E-state index in [1.807, 2.05) is 6.07 Å². The lowest BCUT2D eigenvalue weighted by atomic mass is 10.1. The van der Waals surface area contributed by atoms with Gasteiger partial charge in [0, 0.05) is 17.6 Å². The molecular weight excluding hydrogens is 310 g/mol.